The second-order valence-electron chi connectivity index (χ2n) is 5.19. The van der Waals surface area contributed by atoms with Crippen molar-refractivity contribution >= 4 is 28.9 Å². The van der Waals surface area contributed by atoms with Crippen molar-refractivity contribution in [2.24, 2.45) is 5.92 Å². The molecule has 2 atom stereocenters. The molecule has 21 heavy (non-hydrogen) atoms. The first-order chi connectivity index (χ1) is 10.1. The largest absolute Gasteiger partial charge is 0.386 e. The molecule has 1 saturated heterocycles. The van der Waals surface area contributed by atoms with Gasteiger partial charge in [0.05, 0.1) is 15.7 Å². The van der Waals surface area contributed by atoms with Gasteiger partial charge in [0.15, 0.2) is 0 Å². The summed E-state index contributed by atoms with van der Waals surface area (Å²) in [4.78, 5) is 2.20. The number of aromatic nitrogens is 2. The molecule has 0 bridgehead atoms. The summed E-state index contributed by atoms with van der Waals surface area (Å²) in [6.07, 6.45) is 1.91. The summed E-state index contributed by atoms with van der Waals surface area (Å²) in [6, 6.07) is 9.20. The first kappa shape index (κ1) is 14.6. The molecular weight excluding hydrogens is 309 g/mol. The van der Waals surface area contributed by atoms with Crippen LogP contribution in [0, 0.1) is 5.92 Å². The number of rotatable bonds is 3. The summed E-state index contributed by atoms with van der Waals surface area (Å²) < 4.78 is 0. The van der Waals surface area contributed by atoms with Gasteiger partial charge in [-0.25, -0.2) is 0 Å². The summed E-state index contributed by atoms with van der Waals surface area (Å²) in [6.45, 7) is 1.63. The van der Waals surface area contributed by atoms with Crippen molar-refractivity contribution in [1.82, 2.24) is 10.2 Å². The van der Waals surface area contributed by atoms with E-state index in [-0.39, 0.29) is 5.92 Å². The Morgan fingerprint density at radius 3 is 2.81 bits per heavy atom. The van der Waals surface area contributed by atoms with Crippen molar-refractivity contribution < 1.29 is 5.11 Å². The first-order valence-corrected chi connectivity index (χ1v) is 7.56. The van der Waals surface area contributed by atoms with Crippen molar-refractivity contribution in [2.75, 3.05) is 18.0 Å². The molecule has 3 rings (SSSR count). The number of benzene rings is 1. The number of anilines is 1. The average molecular weight is 324 g/mol. The van der Waals surface area contributed by atoms with Gasteiger partial charge in [-0.05, 0) is 36.8 Å². The van der Waals surface area contributed by atoms with Crippen LogP contribution in [0.15, 0.2) is 36.5 Å². The fourth-order valence-corrected chi connectivity index (χ4v) is 2.97. The molecule has 0 aliphatic carbocycles. The molecule has 1 aromatic carbocycles. The molecule has 4 nitrogen and oxygen atoms in total. The van der Waals surface area contributed by atoms with Crippen molar-refractivity contribution in [2.45, 2.75) is 12.5 Å². The maximum Gasteiger partial charge on any atom is 0.102 e. The normalized spacial score (nSPS) is 19.8. The molecule has 2 unspecified atom stereocenters. The van der Waals surface area contributed by atoms with Gasteiger partial charge in [0.2, 0.25) is 0 Å². The number of hydrogen-bond acceptors (Lipinski definition) is 4. The lowest BCUT2D eigenvalue weighted by molar-refractivity contribution is 0.114. The van der Waals surface area contributed by atoms with Crippen molar-refractivity contribution in [3.05, 3.63) is 52.3 Å². The van der Waals surface area contributed by atoms with Gasteiger partial charge in [-0.2, -0.15) is 10.2 Å². The highest BCUT2D eigenvalue weighted by Gasteiger charge is 2.30. The van der Waals surface area contributed by atoms with E-state index < -0.39 is 6.10 Å². The minimum Gasteiger partial charge on any atom is -0.386 e. The average Bonchev–Trinajstić information content (AvgIpc) is 3.00. The van der Waals surface area contributed by atoms with Gasteiger partial charge in [-0.1, -0.05) is 23.2 Å². The van der Waals surface area contributed by atoms with Gasteiger partial charge in [-0.3, -0.25) is 0 Å². The summed E-state index contributed by atoms with van der Waals surface area (Å²) in [5.74, 6) is 0.135. The van der Waals surface area contributed by atoms with Crippen molar-refractivity contribution in [3.63, 3.8) is 0 Å². The first-order valence-electron chi connectivity index (χ1n) is 6.81. The van der Waals surface area contributed by atoms with Crippen LogP contribution in [0.5, 0.6) is 0 Å². The van der Waals surface area contributed by atoms with E-state index in [2.05, 4.69) is 15.1 Å². The van der Waals surface area contributed by atoms with Gasteiger partial charge in [0.25, 0.3) is 0 Å². The third kappa shape index (κ3) is 3.12. The fraction of sp³-hybridized carbons (Fsp3) is 0.333. The van der Waals surface area contributed by atoms with Gasteiger partial charge in [-0.15, -0.1) is 0 Å². The van der Waals surface area contributed by atoms with Crippen molar-refractivity contribution in [1.29, 1.82) is 0 Å². The Bertz CT molecular complexity index is 624. The van der Waals surface area contributed by atoms with E-state index in [9.17, 15) is 5.11 Å². The topological polar surface area (TPSA) is 49.3 Å². The quantitative estimate of drug-likeness (QED) is 0.941. The number of nitrogens with zero attached hydrogens (tertiary/aromatic N) is 3. The third-order valence-corrected chi connectivity index (χ3v) is 4.57. The van der Waals surface area contributed by atoms with Crippen LogP contribution in [-0.2, 0) is 0 Å². The highest BCUT2D eigenvalue weighted by atomic mass is 35.5. The lowest BCUT2D eigenvalue weighted by Crippen LogP contribution is -2.22. The molecule has 0 radical (unpaired) electrons. The van der Waals surface area contributed by atoms with Crippen LogP contribution in [-0.4, -0.2) is 28.4 Å². The third-order valence-electron chi connectivity index (χ3n) is 3.84. The zero-order valence-electron chi connectivity index (χ0n) is 11.3. The van der Waals surface area contributed by atoms with Crippen LogP contribution >= 0.6 is 23.2 Å². The van der Waals surface area contributed by atoms with Crippen LogP contribution in [0.3, 0.4) is 0 Å². The molecule has 2 heterocycles. The van der Waals surface area contributed by atoms with E-state index in [0.717, 1.165) is 25.2 Å². The zero-order valence-corrected chi connectivity index (χ0v) is 12.8. The summed E-state index contributed by atoms with van der Waals surface area (Å²) in [5, 5.41) is 19.3. The van der Waals surface area contributed by atoms with E-state index in [0.29, 0.717) is 15.7 Å². The summed E-state index contributed by atoms with van der Waals surface area (Å²) >= 11 is 12.0. The molecule has 1 fully saturated rings. The monoisotopic (exact) mass is 323 g/mol. The maximum atomic E-state index is 10.4. The lowest BCUT2D eigenvalue weighted by Gasteiger charge is -2.21. The van der Waals surface area contributed by atoms with E-state index in [1.54, 1.807) is 24.4 Å². The molecular formula is C15H15Cl2N3O. The molecule has 0 spiro atoms. The Morgan fingerprint density at radius 1 is 1.24 bits per heavy atom. The molecule has 2 aromatic rings. The second-order valence-corrected chi connectivity index (χ2v) is 6.00. The fourth-order valence-electron chi connectivity index (χ4n) is 2.67. The number of aliphatic hydroxyl groups is 1. The van der Waals surface area contributed by atoms with Gasteiger partial charge < -0.3 is 10.0 Å². The SMILES string of the molecule is OC(c1cccnn1)C1CCN(c2ccc(Cl)c(Cl)c2)C1. The summed E-state index contributed by atoms with van der Waals surface area (Å²) in [5.41, 5.74) is 1.65. The molecule has 1 aliphatic rings. The minimum atomic E-state index is -0.591. The van der Waals surface area contributed by atoms with E-state index in [1.165, 1.54) is 0 Å². The van der Waals surface area contributed by atoms with Crippen LogP contribution in [0.25, 0.3) is 0 Å². The van der Waals surface area contributed by atoms with E-state index in [4.69, 9.17) is 23.2 Å². The van der Waals surface area contributed by atoms with Gasteiger partial charge in [0, 0.05) is 30.9 Å². The standard InChI is InChI=1S/C15H15Cl2N3O/c16-12-4-3-11(8-13(12)17)20-7-5-10(9-20)15(21)14-2-1-6-18-19-14/h1-4,6,8,10,15,21H,5,7,9H2. The Morgan fingerprint density at radius 2 is 2.10 bits per heavy atom. The minimum absolute atomic E-state index is 0.135. The summed E-state index contributed by atoms with van der Waals surface area (Å²) in [7, 11) is 0. The van der Waals surface area contributed by atoms with Crippen LogP contribution in [0.1, 0.15) is 18.2 Å². The highest BCUT2D eigenvalue weighted by Crippen LogP contribution is 2.34. The Hall–Kier alpha value is -1.36. The second kappa shape index (κ2) is 6.18. The number of halogens is 2. The van der Waals surface area contributed by atoms with E-state index >= 15 is 0 Å². The Labute approximate surface area is 133 Å². The van der Waals surface area contributed by atoms with Crippen molar-refractivity contribution in [3.8, 4) is 0 Å². The molecule has 0 saturated carbocycles. The Kier molecular flexibility index (Phi) is 4.29. The van der Waals surface area contributed by atoms with Crippen LogP contribution in [0.4, 0.5) is 5.69 Å². The Balaban J connectivity index is 1.72. The molecule has 110 valence electrons. The highest BCUT2D eigenvalue weighted by molar-refractivity contribution is 6.42. The van der Waals surface area contributed by atoms with E-state index in [1.807, 2.05) is 12.1 Å². The lowest BCUT2D eigenvalue weighted by atomic mass is 9.99. The number of hydrogen-bond donors (Lipinski definition) is 1. The molecule has 6 heteroatoms. The molecule has 1 aliphatic heterocycles. The van der Waals surface area contributed by atoms with Crippen LogP contribution < -0.4 is 4.90 Å². The number of aliphatic hydroxyl groups excluding tert-OH is 1. The van der Waals surface area contributed by atoms with Gasteiger partial charge >= 0.3 is 0 Å². The molecule has 1 aromatic heterocycles. The van der Waals surface area contributed by atoms with Crippen LogP contribution in [0.2, 0.25) is 10.0 Å². The smallest absolute Gasteiger partial charge is 0.102 e. The molecule has 0 amide bonds. The van der Waals surface area contributed by atoms with Gasteiger partial charge in [0.1, 0.15) is 6.10 Å². The molecule has 1 N–H and O–H groups in total. The predicted octanol–water partition coefficient (Wildman–Crippen LogP) is 3.34. The predicted molar refractivity (Wildman–Crippen MR) is 83.8 cm³/mol. The zero-order chi connectivity index (χ0) is 14.8. The maximum absolute atomic E-state index is 10.4.